The molecule has 3 aromatic rings. The molecule has 0 aliphatic heterocycles. The Hall–Kier alpha value is -3.22. The van der Waals surface area contributed by atoms with E-state index in [1.807, 2.05) is 57.3 Å². The summed E-state index contributed by atoms with van der Waals surface area (Å²) >= 11 is 0. The highest BCUT2D eigenvalue weighted by Crippen LogP contribution is 2.10. The molecule has 1 amide bonds. The molecule has 0 saturated heterocycles. The summed E-state index contributed by atoms with van der Waals surface area (Å²) in [4.78, 5) is 20.6. The molecule has 7 nitrogen and oxygen atoms in total. The molecule has 134 valence electrons. The van der Waals surface area contributed by atoms with Crippen molar-refractivity contribution in [2.75, 3.05) is 18.4 Å². The third-order valence-electron chi connectivity index (χ3n) is 4.10. The molecule has 0 atom stereocenters. The number of hydrogen-bond donors (Lipinski definition) is 2. The summed E-state index contributed by atoms with van der Waals surface area (Å²) in [5.74, 6) is 1.30. The lowest BCUT2D eigenvalue weighted by Gasteiger charge is -2.09. The van der Waals surface area contributed by atoms with Gasteiger partial charge in [-0.3, -0.25) is 4.79 Å². The summed E-state index contributed by atoms with van der Waals surface area (Å²) in [7, 11) is 0. The van der Waals surface area contributed by atoms with Crippen molar-refractivity contribution in [3.05, 3.63) is 65.2 Å². The number of aryl methyl sites for hydroxylation is 3. The molecular weight excluding hydrogens is 328 g/mol. The van der Waals surface area contributed by atoms with Gasteiger partial charge < -0.3 is 10.6 Å². The summed E-state index contributed by atoms with van der Waals surface area (Å²) < 4.78 is 1.70. The van der Waals surface area contributed by atoms with Crippen LogP contribution in [0.2, 0.25) is 0 Å². The Morgan fingerprint density at radius 1 is 1.04 bits per heavy atom. The lowest BCUT2D eigenvalue weighted by Crippen LogP contribution is -2.29. The third-order valence-corrected chi connectivity index (χ3v) is 4.10. The highest BCUT2D eigenvalue weighted by atomic mass is 16.1. The number of nitrogens with one attached hydrogen (secondary N) is 2. The van der Waals surface area contributed by atoms with Crippen LogP contribution in [0.4, 0.5) is 5.82 Å². The molecular formula is C19H22N6O. The number of carbonyl (C=O) groups is 1. The van der Waals surface area contributed by atoms with E-state index in [2.05, 4.69) is 25.7 Å². The normalized spacial score (nSPS) is 10.6. The summed E-state index contributed by atoms with van der Waals surface area (Å²) in [6, 6.07) is 9.44. The van der Waals surface area contributed by atoms with Crippen LogP contribution in [0, 0.1) is 20.8 Å². The average Bonchev–Trinajstić information content (AvgIpc) is 3.07. The molecule has 3 rings (SSSR count). The van der Waals surface area contributed by atoms with E-state index in [0.717, 1.165) is 11.3 Å². The number of aromatic nitrogens is 4. The fourth-order valence-corrected chi connectivity index (χ4v) is 2.46. The van der Waals surface area contributed by atoms with Crippen molar-refractivity contribution < 1.29 is 4.79 Å². The molecule has 7 heteroatoms. The summed E-state index contributed by atoms with van der Waals surface area (Å²) in [6.45, 7) is 7.01. The Kier molecular flexibility index (Phi) is 5.26. The number of nitrogens with zero attached hydrogens (tertiary/aromatic N) is 4. The van der Waals surface area contributed by atoms with Crippen LogP contribution in [0.3, 0.4) is 0 Å². The van der Waals surface area contributed by atoms with Crippen molar-refractivity contribution in [3.8, 4) is 5.82 Å². The van der Waals surface area contributed by atoms with Crippen molar-refractivity contribution in [1.29, 1.82) is 0 Å². The van der Waals surface area contributed by atoms with E-state index in [-0.39, 0.29) is 5.91 Å². The van der Waals surface area contributed by atoms with Crippen LogP contribution in [0.5, 0.6) is 0 Å². The molecule has 2 heterocycles. The van der Waals surface area contributed by atoms with Crippen molar-refractivity contribution >= 4 is 11.7 Å². The molecule has 0 fully saturated rings. The largest absolute Gasteiger partial charge is 0.368 e. The third kappa shape index (κ3) is 4.24. The molecule has 0 radical (unpaired) electrons. The summed E-state index contributed by atoms with van der Waals surface area (Å²) in [5.41, 5.74) is 3.88. The van der Waals surface area contributed by atoms with Gasteiger partial charge in [-0.2, -0.15) is 5.10 Å². The summed E-state index contributed by atoms with van der Waals surface area (Å²) in [5, 5.41) is 10.4. The number of anilines is 1. The fraction of sp³-hybridized carbons (Fsp3) is 0.263. The van der Waals surface area contributed by atoms with Crippen LogP contribution in [-0.4, -0.2) is 38.7 Å². The maximum Gasteiger partial charge on any atom is 0.251 e. The fourth-order valence-electron chi connectivity index (χ4n) is 2.46. The zero-order chi connectivity index (χ0) is 18.5. The first kappa shape index (κ1) is 17.6. The van der Waals surface area contributed by atoms with Crippen LogP contribution in [-0.2, 0) is 0 Å². The van der Waals surface area contributed by atoms with Gasteiger partial charge in [0.2, 0.25) is 0 Å². The van der Waals surface area contributed by atoms with Crippen LogP contribution in [0.1, 0.15) is 27.2 Å². The van der Waals surface area contributed by atoms with Crippen LogP contribution in [0.25, 0.3) is 5.82 Å². The monoisotopic (exact) mass is 350 g/mol. The van der Waals surface area contributed by atoms with Crippen LogP contribution >= 0.6 is 0 Å². The Bertz CT molecular complexity index is 918. The van der Waals surface area contributed by atoms with Gasteiger partial charge in [-0.05, 0) is 50.1 Å². The minimum Gasteiger partial charge on any atom is -0.368 e. The minimum absolute atomic E-state index is 0.0784. The first-order valence-electron chi connectivity index (χ1n) is 8.47. The minimum atomic E-state index is -0.0784. The lowest BCUT2D eigenvalue weighted by molar-refractivity contribution is 0.0955. The van der Waals surface area contributed by atoms with E-state index in [4.69, 9.17) is 0 Å². The number of benzene rings is 1. The lowest BCUT2D eigenvalue weighted by atomic mass is 10.1. The molecule has 0 unspecified atom stereocenters. The Morgan fingerprint density at radius 2 is 1.88 bits per heavy atom. The molecule has 0 bridgehead atoms. The number of hydrogen-bond acceptors (Lipinski definition) is 5. The van der Waals surface area contributed by atoms with Crippen molar-refractivity contribution in [1.82, 2.24) is 25.1 Å². The highest BCUT2D eigenvalue weighted by Gasteiger charge is 2.06. The van der Waals surface area contributed by atoms with Crippen LogP contribution < -0.4 is 10.6 Å². The van der Waals surface area contributed by atoms with Gasteiger partial charge in [0.1, 0.15) is 12.1 Å². The predicted molar refractivity (Wildman–Crippen MR) is 101 cm³/mol. The highest BCUT2D eigenvalue weighted by molar-refractivity contribution is 5.94. The molecule has 2 aromatic heterocycles. The number of rotatable bonds is 6. The number of carbonyl (C=O) groups excluding carboxylic acids is 1. The van der Waals surface area contributed by atoms with Gasteiger partial charge >= 0.3 is 0 Å². The second kappa shape index (κ2) is 7.77. The van der Waals surface area contributed by atoms with E-state index >= 15 is 0 Å². The first-order chi connectivity index (χ1) is 12.5. The van der Waals surface area contributed by atoms with Crippen molar-refractivity contribution in [2.45, 2.75) is 20.8 Å². The maximum absolute atomic E-state index is 12.2. The Balaban J connectivity index is 1.52. The molecule has 0 spiro atoms. The van der Waals surface area contributed by atoms with E-state index in [0.29, 0.717) is 30.3 Å². The zero-order valence-electron chi connectivity index (χ0n) is 15.2. The maximum atomic E-state index is 12.2. The van der Waals surface area contributed by atoms with Crippen LogP contribution in [0.15, 0.2) is 42.9 Å². The second-order valence-electron chi connectivity index (χ2n) is 6.14. The Morgan fingerprint density at radius 3 is 2.62 bits per heavy atom. The standard InChI is InChI=1S/C19H22N6O/c1-13-4-5-16(10-14(13)2)19(26)21-8-7-20-17-11-18(23-12-22-17)25-9-6-15(3)24-25/h4-6,9-12H,7-8H2,1-3H3,(H,21,26)(H,20,22,23). The van der Waals surface area contributed by atoms with Gasteiger partial charge in [0.25, 0.3) is 5.91 Å². The smallest absolute Gasteiger partial charge is 0.251 e. The van der Waals surface area contributed by atoms with Gasteiger partial charge in [-0.15, -0.1) is 0 Å². The van der Waals surface area contributed by atoms with Gasteiger partial charge in [0, 0.05) is 30.9 Å². The molecule has 2 N–H and O–H groups in total. The quantitative estimate of drug-likeness (QED) is 0.667. The summed E-state index contributed by atoms with van der Waals surface area (Å²) in [6.07, 6.45) is 3.34. The van der Waals surface area contributed by atoms with E-state index in [9.17, 15) is 4.79 Å². The van der Waals surface area contributed by atoms with Gasteiger partial charge in [-0.1, -0.05) is 6.07 Å². The molecule has 0 aliphatic rings. The van der Waals surface area contributed by atoms with E-state index in [1.54, 1.807) is 4.68 Å². The van der Waals surface area contributed by atoms with Crippen molar-refractivity contribution in [2.24, 2.45) is 0 Å². The zero-order valence-corrected chi connectivity index (χ0v) is 15.2. The first-order valence-corrected chi connectivity index (χ1v) is 8.47. The van der Waals surface area contributed by atoms with E-state index < -0.39 is 0 Å². The van der Waals surface area contributed by atoms with E-state index in [1.165, 1.54) is 11.9 Å². The van der Waals surface area contributed by atoms with Gasteiger partial charge in [0.05, 0.1) is 5.69 Å². The molecule has 26 heavy (non-hydrogen) atoms. The van der Waals surface area contributed by atoms with Gasteiger partial charge in [-0.25, -0.2) is 14.6 Å². The predicted octanol–water partition coefficient (Wildman–Crippen LogP) is 2.43. The molecule has 0 saturated carbocycles. The molecule has 0 aliphatic carbocycles. The SMILES string of the molecule is Cc1ccn(-c2cc(NCCNC(=O)c3ccc(C)c(C)c3)ncn2)n1. The second-order valence-corrected chi connectivity index (χ2v) is 6.14. The van der Waals surface area contributed by atoms with Crippen molar-refractivity contribution in [3.63, 3.8) is 0 Å². The number of amides is 1. The average molecular weight is 350 g/mol. The van der Waals surface area contributed by atoms with Gasteiger partial charge in [0.15, 0.2) is 5.82 Å². The topological polar surface area (TPSA) is 84.7 Å². The molecule has 1 aromatic carbocycles. The Labute approximate surface area is 152 Å².